The molecule has 3 N–H and O–H groups in total. The standard InChI is InChI=1S/C15H21NO4/c1-20-13-6-5-11(9-12(13)17)14(18)16-10-15(19)7-3-2-4-8-15/h5-6,9,17,19H,2-4,7-8,10H2,1H3,(H,16,18). The van der Waals surface area contributed by atoms with Crippen LogP contribution in [0.1, 0.15) is 42.5 Å². The Hall–Kier alpha value is -1.75. The Morgan fingerprint density at radius 2 is 2.05 bits per heavy atom. The summed E-state index contributed by atoms with van der Waals surface area (Å²) < 4.78 is 4.93. The minimum absolute atomic E-state index is 0.0727. The first-order valence-corrected chi connectivity index (χ1v) is 6.92. The number of carbonyl (C=O) groups excluding carboxylic acids is 1. The highest BCUT2D eigenvalue weighted by Crippen LogP contribution is 2.28. The van der Waals surface area contributed by atoms with Gasteiger partial charge in [-0.15, -0.1) is 0 Å². The van der Waals surface area contributed by atoms with Crippen LogP contribution < -0.4 is 10.1 Å². The molecule has 110 valence electrons. The van der Waals surface area contributed by atoms with Crippen LogP contribution in [0.5, 0.6) is 11.5 Å². The van der Waals surface area contributed by atoms with Gasteiger partial charge in [0.25, 0.3) is 5.91 Å². The highest BCUT2D eigenvalue weighted by molar-refractivity contribution is 5.94. The summed E-state index contributed by atoms with van der Waals surface area (Å²) in [7, 11) is 1.45. The molecule has 0 spiro atoms. The third kappa shape index (κ3) is 3.42. The molecule has 20 heavy (non-hydrogen) atoms. The van der Waals surface area contributed by atoms with Gasteiger partial charge in [0.1, 0.15) is 0 Å². The number of benzene rings is 1. The van der Waals surface area contributed by atoms with Gasteiger partial charge in [-0.3, -0.25) is 4.79 Å². The SMILES string of the molecule is COc1ccc(C(=O)NCC2(O)CCCCC2)cc1O. The molecule has 0 unspecified atom stereocenters. The summed E-state index contributed by atoms with van der Waals surface area (Å²) in [5.41, 5.74) is -0.440. The highest BCUT2D eigenvalue weighted by atomic mass is 16.5. The fourth-order valence-electron chi connectivity index (χ4n) is 2.56. The summed E-state index contributed by atoms with van der Waals surface area (Å²) >= 11 is 0. The lowest BCUT2D eigenvalue weighted by Gasteiger charge is -2.32. The molecule has 0 saturated heterocycles. The molecular formula is C15H21NO4. The van der Waals surface area contributed by atoms with Crippen molar-refractivity contribution in [3.8, 4) is 11.5 Å². The summed E-state index contributed by atoms with van der Waals surface area (Å²) in [5.74, 6) is -0.0501. The molecule has 0 bridgehead atoms. The fourth-order valence-corrected chi connectivity index (χ4v) is 2.56. The zero-order valence-corrected chi connectivity index (χ0v) is 11.7. The summed E-state index contributed by atoms with van der Waals surface area (Å²) in [4.78, 5) is 12.0. The highest BCUT2D eigenvalue weighted by Gasteiger charge is 2.29. The molecule has 5 nitrogen and oxygen atoms in total. The number of ether oxygens (including phenoxy) is 1. The van der Waals surface area contributed by atoms with Gasteiger partial charge in [-0.25, -0.2) is 0 Å². The van der Waals surface area contributed by atoms with Gasteiger partial charge in [-0.05, 0) is 31.0 Å². The van der Waals surface area contributed by atoms with Gasteiger partial charge in [0, 0.05) is 12.1 Å². The Balaban J connectivity index is 1.96. The van der Waals surface area contributed by atoms with Crippen molar-refractivity contribution in [3.63, 3.8) is 0 Å². The monoisotopic (exact) mass is 279 g/mol. The fraction of sp³-hybridized carbons (Fsp3) is 0.533. The zero-order chi connectivity index (χ0) is 14.6. The number of hydrogen-bond donors (Lipinski definition) is 3. The molecule has 1 saturated carbocycles. The van der Waals surface area contributed by atoms with Crippen molar-refractivity contribution < 1.29 is 19.7 Å². The van der Waals surface area contributed by atoms with Crippen LogP contribution >= 0.6 is 0 Å². The van der Waals surface area contributed by atoms with E-state index >= 15 is 0 Å². The van der Waals surface area contributed by atoms with Gasteiger partial charge >= 0.3 is 0 Å². The lowest BCUT2D eigenvalue weighted by Crippen LogP contribution is -2.44. The summed E-state index contributed by atoms with van der Waals surface area (Å²) in [6.45, 7) is 0.249. The largest absolute Gasteiger partial charge is 0.504 e. The smallest absolute Gasteiger partial charge is 0.251 e. The molecule has 1 aliphatic carbocycles. The molecule has 5 heteroatoms. The Morgan fingerprint density at radius 1 is 1.35 bits per heavy atom. The molecule has 1 amide bonds. The van der Waals surface area contributed by atoms with Gasteiger partial charge in [-0.2, -0.15) is 0 Å². The van der Waals surface area contributed by atoms with Crippen LogP contribution in [0, 0.1) is 0 Å². The number of methoxy groups -OCH3 is 1. The van der Waals surface area contributed by atoms with Gasteiger partial charge in [0.2, 0.25) is 0 Å². The molecule has 1 aromatic rings. The van der Waals surface area contributed by atoms with E-state index in [4.69, 9.17) is 4.74 Å². The van der Waals surface area contributed by atoms with Crippen molar-refractivity contribution in [1.29, 1.82) is 0 Å². The average molecular weight is 279 g/mol. The maximum atomic E-state index is 12.0. The minimum Gasteiger partial charge on any atom is -0.504 e. The summed E-state index contributed by atoms with van der Waals surface area (Å²) in [6, 6.07) is 4.48. The van der Waals surface area contributed by atoms with Crippen LogP contribution in [-0.4, -0.2) is 35.4 Å². The first-order valence-electron chi connectivity index (χ1n) is 6.92. The van der Waals surface area contributed by atoms with E-state index in [1.54, 1.807) is 12.1 Å². The second-order valence-electron chi connectivity index (χ2n) is 5.35. The van der Waals surface area contributed by atoms with E-state index in [0.717, 1.165) is 32.1 Å². The Bertz CT molecular complexity index is 481. The molecular weight excluding hydrogens is 258 g/mol. The first-order chi connectivity index (χ1) is 9.54. The van der Waals surface area contributed by atoms with Gasteiger partial charge in [0.15, 0.2) is 11.5 Å². The number of nitrogens with one attached hydrogen (secondary N) is 1. The van der Waals surface area contributed by atoms with E-state index in [0.29, 0.717) is 11.3 Å². The second kappa shape index (κ2) is 6.13. The number of phenolic OH excluding ortho intramolecular Hbond substituents is 1. The molecule has 0 radical (unpaired) electrons. The van der Waals surface area contributed by atoms with Crippen LogP contribution in [-0.2, 0) is 0 Å². The van der Waals surface area contributed by atoms with Gasteiger partial charge in [0.05, 0.1) is 12.7 Å². The molecule has 1 aromatic carbocycles. The zero-order valence-electron chi connectivity index (χ0n) is 11.7. The topological polar surface area (TPSA) is 78.8 Å². The van der Waals surface area contributed by atoms with Crippen LogP contribution in [0.3, 0.4) is 0 Å². The lowest BCUT2D eigenvalue weighted by atomic mass is 9.85. The molecule has 0 atom stereocenters. The van der Waals surface area contributed by atoms with Crippen LogP contribution in [0.25, 0.3) is 0 Å². The predicted molar refractivity (Wildman–Crippen MR) is 75.0 cm³/mol. The number of hydrogen-bond acceptors (Lipinski definition) is 4. The van der Waals surface area contributed by atoms with Crippen LogP contribution in [0.2, 0.25) is 0 Å². The van der Waals surface area contributed by atoms with E-state index in [9.17, 15) is 15.0 Å². The first kappa shape index (κ1) is 14.7. The summed E-state index contributed by atoms with van der Waals surface area (Å²) in [5, 5.41) is 22.7. The van der Waals surface area contributed by atoms with E-state index in [1.807, 2.05) is 0 Å². The molecule has 0 heterocycles. The van der Waals surface area contributed by atoms with Gasteiger partial charge in [-0.1, -0.05) is 19.3 Å². The minimum atomic E-state index is -0.789. The Labute approximate surface area is 118 Å². The molecule has 2 rings (SSSR count). The average Bonchev–Trinajstić information content (AvgIpc) is 2.45. The number of phenols is 1. The van der Waals surface area contributed by atoms with E-state index in [2.05, 4.69) is 5.32 Å². The number of aliphatic hydroxyl groups is 1. The molecule has 0 aromatic heterocycles. The van der Waals surface area contributed by atoms with Crippen molar-refractivity contribution in [2.24, 2.45) is 0 Å². The predicted octanol–water partition coefficient (Wildman–Crippen LogP) is 1.83. The number of aromatic hydroxyl groups is 1. The maximum absolute atomic E-state index is 12.0. The van der Waals surface area contributed by atoms with E-state index in [1.165, 1.54) is 13.2 Å². The van der Waals surface area contributed by atoms with Crippen LogP contribution in [0.4, 0.5) is 0 Å². The number of carbonyl (C=O) groups is 1. The second-order valence-corrected chi connectivity index (χ2v) is 5.35. The number of amides is 1. The van der Waals surface area contributed by atoms with Crippen molar-refractivity contribution in [1.82, 2.24) is 5.32 Å². The van der Waals surface area contributed by atoms with E-state index in [-0.39, 0.29) is 18.2 Å². The van der Waals surface area contributed by atoms with Crippen molar-refractivity contribution >= 4 is 5.91 Å². The Kier molecular flexibility index (Phi) is 4.49. The maximum Gasteiger partial charge on any atom is 0.251 e. The van der Waals surface area contributed by atoms with Crippen molar-refractivity contribution in [2.45, 2.75) is 37.7 Å². The van der Waals surface area contributed by atoms with E-state index < -0.39 is 5.60 Å². The molecule has 1 aliphatic rings. The summed E-state index contributed by atoms with van der Waals surface area (Å²) in [6.07, 6.45) is 4.58. The quantitative estimate of drug-likeness (QED) is 0.785. The third-order valence-corrected chi connectivity index (χ3v) is 3.80. The van der Waals surface area contributed by atoms with Crippen molar-refractivity contribution in [3.05, 3.63) is 23.8 Å². The number of rotatable bonds is 4. The van der Waals surface area contributed by atoms with Crippen molar-refractivity contribution in [2.75, 3.05) is 13.7 Å². The molecule has 1 fully saturated rings. The third-order valence-electron chi connectivity index (χ3n) is 3.80. The Morgan fingerprint density at radius 3 is 2.65 bits per heavy atom. The normalized spacial score (nSPS) is 17.5. The molecule has 0 aliphatic heterocycles. The van der Waals surface area contributed by atoms with Crippen LogP contribution in [0.15, 0.2) is 18.2 Å². The van der Waals surface area contributed by atoms with Gasteiger partial charge < -0.3 is 20.3 Å². The lowest BCUT2D eigenvalue weighted by molar-refractivity contribution is 0.00525.